The maximum atomic E-state index is 3.87. The van der Waals surface area contributed by atoms with Gasteiger partial charge in [-0.15, -0.1) is 6.58 Å². The van der Waals surface area contributed by atoms with Crippen molar-refractivity contribution < 1.29 is 0 Å². The van der Waals surface area contributed by atoms with Crippen LogP contribution < -0.4 is 0 Å². The summed E-state index contributed by atoms with van der Waals surface area (Å²) in [6, 6.07) is 8.73. The Balaban J connectivity index is 1.62. The van der Waals surface area contributed by atoms with Crippen molar-refractivity contribution in [3.8, 4) is 0 Å². The summed E-state index contributed by atoms with van der Waals surface area (Å²) in [5.74, 6) is 0. The van der Waals surface area contributed by atoms with Crippen LogP contribution in [0.4, 0.5) is 0 Å². The van der Waals surface area contributed by atoms with Crippen LogP contribution in [0.3, 0.4) is 0 Å². The summed E-state index contributed by atoms with van der Waals surface area (Å²) in [5, 5.41) is 1.41. The van der Waals surface area contributed by atoms with Gasteiger partial charge in [0, 0.05) is 49.8 Å². The van der Waals surface area contributed by atoms with Crippen molar-refractivity contribution in [1.82, 2.24) is 14.4 Å². The van der Waals surface area contributed by atoms with Crippen LogP contribution in [0.25, 0.3) is 10.9 Å². The molecule has 0 unspecified atom stereocenters. The van der Waals surface area contributed by atoms with Crippen LogP contribution in [0.15, 0.2) is 43.1 Å². The fourth-order valence-corrected chi connectivity index (χ4v) is 3.38. The summed E-state index contributed by atoms with van der Waals surface area (Å²) < 4.78 is 2.31. The highest BCUT2D eigenvalue weighted by atomic mass is 15.2. The number of hydrogen-bond donors (Lipinski definition) is 0. The number of aryl methyl sites for hydroxylation is 1. The average Bonchev–Trinajstić information content (AvgIpc) is 2.88. The van der Waals surface area contributed by atoms with Crippen LogP contribution in [0.2, 0.25) is 0 Å². The van der Waals surface area contributed by atoms with Gasteiger partial charge in [0.15, 0.2) is 0 Å². The lowest BCUT2D eigenvalue weighted by Crippen LogP contribution is -2.44. The van der Waals surface area contributed by atoms with Gasteiger partial charge >= 0.3 is 0 Å². The number of hydrogen-bond acceptors (Lipinski definition) is 2. The molecular formula is C19H27N3. The minimum atomic E-state index is 0.888. The molecular weight excluding hydrogens is 270 g/mol. The van der Waals surface area contributed by atoms with Gasteiger partial charge in [-0.1, -0.05) is 24.3 Å². The molecule has 2 aromatic rings. The molecule has 0 saturated carbocycles. The molecule has 1 aromatic carbocycles. The highest BCUT2D eigenvalue weighted by molar-refractivity contribution is 5.84. The molecule has 0 amide bonds. The largest absolute Gasteiger partial charge is 0.343 e. The van der Waals surface area contributed by atoms with Gasteiger partial charge in [0.2, 0.25) is 0 Å². The summed E-state index contributed by atoms with van der Waals surface area (Å²) in [6.45, 7) is 10.8. The van der Waals surface area contributed by atoms with Crippen molar-refractivity contribution in [2.24, 2.45) is 0 Å². The molecule has 3 nitrogen and oxygen atoms in total. The Hall–Kier alpha value is -1.58. The molecule has 0 radical (unpaired) electrons. The quantitative estimate of drug-likeness (QED) is 0.759. The summed E-state index contributed by atoms with van der Waals surface area (Å²) in [4.78, 5) is 5.02. The molecule has 1 saturated heterocycles. The van der Waals surface area contributed by atoms with Gasteiger partial charge in [0.1, 0.15) is 0 Å². The molecule has 0 spiro atoms. The van der Waals surface area contributed by atoms with Gasteiger partial charge in [0.05, 0.1) is 0 Å². The summed E-state index contributed by atoms with van der Waals surface area (Å²) in [5.41, 5.74) is 2.81. The molecule has 3 rings (SSSR count). The van der Waals surface area contributed by atoms with Gasteiger partial charge < -0.3 is 14.4 Å². The molecule has 3 heteroatoms. The maximum absolute atomic E-state index is 3.87. The zero-order valence-corrected chi connectivity index (χ0v) is 13.7. The van der Waals surface area contributed by atoms with Crippen molar-refractivity contribution in [1.29, 1.82) is 0 Å². The third-order valence-corrected chi connectivity index (χ3v) is 4.71. The molecule has 1 fully saturated rings. The van der Waals surface area contributed by atoms with Gasteiger partial charge in [-0.3, -0.25) is 0 Å². The second-order valence-corrected chi connectivity index (χ2v) is 6.36. The second kappa shape index (κ2) is 7.12. The molecule has 0 N–H and O–H groups in total. The van der Waals surface area contributed by atoms with E-state index in [0.29, 0.717) is 0 Å². The van der Waals surface area contributed by atoms with Crippen molar-refractivity contribution in [2.45, 2.75) is 19.4 Å². The molecule has 1 aliphatic rings. The van der Waals surface area contributed by atoms with Gasteiger partial charge in [-0.05, 0) is 38.1 Å². The van der Waals surface area contributed by atoms with E-state index in [9.17, 15) is 0 Å². The summed E-state index contributed by atoms with van der Waals surface area (Å²) >= 11 is 0. The lowest BCUT2D eigenvalue weighted by molar-refractivity contribution is 0.153. The minimum absolute atomic E-state index is 0.888. The van der Waals surface area contributed by atoms with E-state index in [1.165, 1.54) is 55.6 Å². The van der Waals surface area contributed by atoms with E-state index in [0.717, 1.165) is 13.0 Å². The van der Waals surface area contributed by atoms with Crippen molar-refractivity contribution in [3.63, 3.8) is 0 Å². The monoisotopic (exact) mass is 297 g/mol. The lowest BCUT2D eigenvalue weighted by Gasteiger charge is -2.32. The van der Waals surface area contributed by atoms with Gasteiger partial charge in [0.25, 0.3) is 0 Å². The third-order valence-electron chi connectivity index (χ3n) is 4.71. The average molecular weight is 297 g/mol. The number of likely N-dealkylation sites (N-methyl/N-ethyl adjacent to an activating group) is 1. The van der Waals surface area contributed by atoms with Crippen molar-refractivity contribution in [2.75, 3.05) is 39.8 Å². The van der Waals surface area contributed by atoms with Crippen LogP contribution >= 0.6 is 0 Å². The molecule has 2 heterocycles. The first-order valence-corrected chi connectivity index (χ1v) is 8.36. The normalized spacial score (nSPS) is 17.1. The second-order valence-electron chi connectivity index (χ2n) is 6.36. The Kier molecular flexibility index (Phi) is 4.96. The highest BCUT2D eigenvalue weighted by Crippen LogP contribution is 2.22. The number of fused-ring (bicyclic) bond motifs is 1. The zero-order valence-electron chi connectivity index (χ0n) is 13.7. The zero-order chi connectivity index (χ0) is 15.4. The first-order valence-electron chi connectivity index (χ1n) is 8.36. The molecule has 1 aliphatic heterocycles. The van der Waals surface area contributed by atoms with Crippen molar-refractivity contribution >= 4 is 10.9 Å². The number of piperazine rings is 1. The predicted octanol–water partition coefficient (Wildman–Crippen LogP) is 3.01. The van der Waals surface area contributed by atoms with Crippen LogP contribution in [0.5, 0.6) is 0 Å². The molecule has 22 heavy (non-hydrogen) atoms. The topological polar surface area (TPSA) is 11.4 Å². The standard InChI is InChI=1S/C19H27N3/c1-3-10-22-16-17(18-8-4-5-9-19(18)22)7-6-11-21-14-12-20(2)13-15-21/h3-5,8-9,16H,1,6-7,10-15H2,2H3. The fraction of sp³-hybridized carbons (Fsp3) is 0.474. The third kappa shape index (κ3) is 3.42. The highest BCUT2D eigenvalue weighted by Gasteiger charge is 2.13. The number of aromatic nitrogens is 1. The Morgan fingerprint density at radius 2 is 1.91 bits per heavy atom. The van der Waals surface area contributed by atoms with Crippen LogP contribution in [-0.2, 0) is 13.0 Å². The first kappa shape index (κ1) is 15.3. The number of para-hydroxylation sites is 1. The smallest absolute Gasteiger partial charge is 0.0486 e. The lowest BCUT2D eigenvalue weighted by atomic mass is 10.1. The SMILES string of the molecule is C=CCn1cc(CCCN2CCN(C)CC2)c2ccccc21. The number of allylic oxidation sites excluding steroid dienone is 1. The Bertz CT molecular complexity index is 621. The summed E-state index contributed by atoms with van der Waals surface area (Å²) in [6.07, 6.45) is 6.69. The fourth-order valence-electron chi connectivity index (χ4n) is 3.38. The predicted molar refractivity (Wildman–Crippen MR) is 94.4 cm³/mol. The summed E-state index contributed by atoms with van der Waals surface area (Å²) in [7, 11) is 2.21. The number of nitrogens with zero attached hydrogens (tertiary/aromatic N) is 3. The molecule has 0 bridgehead atoms. The van der Waals surface area contributed by atoms with Crippen LogP contribution in [0, 0.1) is 0 Å². The van der Waals surface area contributed by atoms with E-state index in [4.69, 9.17) is 0 Å². The number of rotatable bonds is 6. The molecule has 1 aromatic heterocycles. The van der Waals surface area contributed by atoms with E-state index in [1.807, 2.05) is 6.08 Å². The molecule has 0 aliphatic carbocycles. The minimum Gasteiger partial charge on any atom is -0.343 e. The van der Waals surface area contributed by atoms with Crippen molar-refractivity contribution in [3.05, 3.63) is 48.7 Å². The Labute approximate surface area is 133 Å². The van der Waals surface area contributed by atoms with Crippen LogP contribution in [-0.4, -0.2) is 54.1 Å². The van der Waals surface area contributed by atoms with Gasteiger partial charge in [-0.25, -0.2) is 0 Å². The Morgan fingerprint density at radius 3 is 2.68 bits per heavy atom. The number of benzene rings is 1. The van der Waals surface area contributed by atoms with Crippen LogP contribution in [0.1, 0.15) is 12.0 Å². The molecule has 118 valence electrons. The Morgan fingerprint density at radius 1 is 1.14 bits per heavy atom. The van der Waals surface area contributed by atoms with E-state index >= 15 is 0 Å². The molecule has 0 atom stereocenters. The first-order chi connectivity index (χ1) is 10.8. The maximum Gasteiger partial charge on any atom is 0.0486 e. The van der Waals surface area contributed by atoms with E-state index in [2.05, 4.69) is 58.5 Å². The van der Waals surface area contributed by atoms with E-state index in [-0.39, 0.29) is 0 Å². The van der Waals surface area contributed by atoms with Gasteiger partial charge in [-0.2, -0.15) is 0 Å². The van der Waals surface area contributed by atoms with E-state index in [1.54, 1.807) is 0 Å². The van der Waals surface area contributed by atoms with E-state index < -0.39 is 0 Å².